The first-order valence-electron chi connectivity index (χ1n) is 11.1. The van der Waals surface area contributed by atoms with Crippen LogP contribution in [0, 0.1) is 0 Å². The molecular formula is C24H29N3O5S3. The van der Waals surface area contributed by atoms with Crippen molar-refractivity contribution in [2.75, 3.05) is 19.3 Å². The zero-order chi connectivity index (χ0) is 25.6. The highest BCUT2D eigenvalue weighted by atomic mass is 32.2. The van der Waals surface area contributed by atoms with E-state index < -0.39 is 21.6 Å². The molecule has 11 heteroatoms. The average Bonchev–Trinajstić information content (AvgIpc) is 3.34. The van der Waals surface area contributed by atoms with Gasteiger partial charge in [0, 0.05) is 19.3 Å². The number of hydrogen-bond donors (Lipinski definition) is 1. The number of rotatable bonds is 12. The number of aromatic nitrogens is 2. The molecule has 188 valence electrons. The summed E-state index contributed by atoms with van der Waals surface area (Å²) in [6.45, 7) is 5.66. The third-order valence-corrected chi connectivity index (χ3v) is 9.21. The van der Waals surface area contributed by atoms with Crippen molar-refractivity contribution in [2.24, 2.45) is 0 Å². The fraction of sp³-hybridized carbons (Fsp3) is 0.375. The second-order valence-corrected chi connectivity index (χ2v) is 12.3. The number of thioether (sulfide) groups is 1. The van der Waals surface area contributed by atoms with Gasteiger partial charge in [0.1, 0.15) is 9.96 Å². The van der Waals surface area contributed by atoms with Crippen molar-refractivity contribution < 1.29 is 23.1 Å². The first kappa shape index (κ1) is 27.1. The fourth-order valence-electron chi connectivity index (χ4n) is 3.22. The first-order valence-corrected chi connectivity index (χ1v) is 14.5. The molecule has 0 radical (unpaired) electrons. The lowest BCUT2D eigenvalue weighted by Crippen LogP contribution is -2.37. The van der Waals surface area contributed by atoms with Crippen LogP contribution in [-0.4, -0.2) is 58.7 Å². The van der Waals surface area contributed by atoms with Crippen LogP contribution in [0.2, 0.25) is 0 Å². The van der Waals surface area contributed by atoms with Crippen molar-refractivity contribution in [1.82, 2.24) is 14.3 Å². The number of ether oxygens (including phenoxy) is 1. The van der Waals surface area contributed by atoms with Crippen LogP contribution in [0.25, 0.3) is 10.6 Å². The van der Waals surface area contributed by atoms with Gasteiger partial charge in [-0.3, -0.25) is 0 Å². The number of carboxylic acids is 1. The standard InChI is InChI=1S/C24H29N3O5S3/c1-5-15-27(16-13-17-6-8-18(9-7-17)32-24(2,3)22(28)29)35(30,31)21-11-10-20(34-21)19-12-14-25-23(26-19)33-4/h6-12,14H,5,13,15-16H2,1-4H3,(H,28,29). The molecule has 0 fully saturated rings. The van der Waals surface area contributed by atoms with Crippen LogP contribution < -0.4 is 4.74 Å². The van der Waals surface area contributed by atoms with E-state index in [0.717, 1.165) is 10.4 Å². The largest absolute Gasteiger partial charge is 0.478 e. The molecule has 3 rings (SSSR count). The van der Waals surface area contributed by atoms with Crippen LogP contribution in [0.4, 0.5) is 0 Å². The highest BCUT2D eigenvalue weighted by Crippen LogP contribution is 2.32. The SMILES string of the molecule is CCCN(CCc1ccc(OC(C)(C)C(=O)O)cc1)S(=O)(=O)c1ccc(-c2ccnc(SC)n2)s1. The molecule has 2 aromatic heterocycles. The Morgan fingerprint density at radius 1 is 1.14 bits per heavy atom. The van der Waals surface area contributed by atoms with E-state index in [2.05, 4.69) is 9.97 Å². The second kappa shape index (κ2) is 11.5. The molecule has 0 atom stereocenters. The maximum absolute atomic E-state index is 13.4. The molecule has 0 aliphatic rings. The number of nitrogens with zero attached hydrogens (tertiary/aromatic N) is 3. The zero-order valence-electron chi connectivity index (χ0n) is 20.1. The smallest absolute Gasteiger partial charge is 0.347 e. The molecule has 1 aromatic carbocycles. The predicted molar refractivity (Wildman–Crippen MR) is 139 cm³/mol. The van der Waals surface area contributed by atoms with E-state index in [1.165, 1.54) is 41.3 Å². The fourth-order valence-corrected chi connectivity index (χ4v) is 6.54. The van der Waals surface area contributed by atoms with E-state index in [4.69, 9.17) is 4.74 Å². The van der Waals surface area contributed by atoms with Crippen molar-refractivity contribution in [1.29, 1.82) is 0 Å². The Kier molecular flexibility index (Phi) is 8.92. The van der Waals surface area contributed by atoms with Gasteiger partial charge in [0.05, 0.1) is 10.6 Å². The molecule has 0 amide bonds. The Balaban J connectivity index is 1.72. The van der Waals surface area contributed by atoms with Gasteiger partial charge in [0.25, 0.3) is 10.0 Å². The number of carbonyl (C=O) groups is 1. The van der Waals surface area contributed by atoms with E-state index in [1.54, 1.807) is 36.5 Å². The topological polar surface area (TPSA) is 110 Å². The molecule has 0 aliphatic heterocycles. The van der Waals surface area contributed by atoms with E-state index in [0.29, 0.717) is 42.5 Å². The van der Waals surface area contributed by atoms with Crippen LogP contribution in [0.1, 0.15) is 32.8 Å². The predicted octanol–water partition coefficient (Wildman–Crippen LogP) is 4.81. The van der Waals surface area contributed by atoms with E-state index in [-0.39, 0.29) is 4.21 Å². The molecule has 1 N–H and O–H groups in total. The van der Waals surface area contributed by atoms with E-state index in [9.17, 15) is 18.3 Å². The van der Waals surface area contributed by atoms with Gasteiger partial charge in [-0.1, -0.05) is 30.8 Å². The first-order chi connectivity index (χ1) is 16.6. The number of aliphatic carboxylic acids is 1. The minimum atomic E-state index is -3.66. The molecule has 0 unspecified atom stereocenters. The van der Waals surface area contributed by atoms with E-state index in [1.807, 2.05) is 25.3 Å². The van der Waals surface area contributed by atoms with Gasteiger partial charge >= 0.3 is 5.97 Å². The van der Waals surface area contributed by atoms with Crippen LogP contribution >= 0.6 is 23.1 Å². The third kappa shape index (κ3) is 6.81. The summed E-state index contributed by atoms with van der Waals surface area (Å²) in [5.41, 5.74) is 0.293. The van der Waals surface area contributed by atoms with Gasteiger partial charge in [-0.15, -0.1) is 11.3 Å². The monoisotopic (exact) mass is 535 g/mol. The summed E-state index contributed by atoms with van der Waals surface area (Å²) in [6, 6.07) is 12.2. The minimum absolute atomic E-state index is 0.282. The van der Waals surface area contributed by atoms with Crippen LogP contribution in [0.15, 0.2) is 58.0 Å². The number of thiophene rings is 1. The molecule has 0 saturated carbocycles. The Hall–Kier alpha value is -2.47. The summed E-state index contributed by atoms with van der Waals surface area (Å²) in [6.07, 6.45) is 4.77. The number of sulfonamides is 1. The summed E-state index contributed by atoms with van der Waals surface area (Å²) < 4.78 is 34.1. The quantitative estimate of drug-likeness (QED) is 0.260. The molecule has 0 bridgehead atoms. The van der Waals surface area contributed by atoms with Gasteiger partial charge in [-0.05, 0) is 68.8 Å². The highest BCUT2D eigenvalue weighted by Gasteiger charge is 2.29. The van der Waals surface area contributed by atoms with Crippen molar-refractivity contribution >= 4 is 39.1 Å². The third-order valence-electron chi connectivity index (χ3n) is 5.18. The van der Waals surface area contributed by atoms with Crippen molar-refractivity contribution in [2.45, 2.75) is 48.6 Å². The van der Waals surface area contributed by atoms with E-state index >= 15 is 0 Å². The Bertz CT molecular complexity index is 1260. The number of benzene rings is 1. The minimum Gasteiger partial charge on any atom is -0.478 e. The number of carboxylic acid groups (broad SMARTS) is 1. The van der Waals surface area contributed by atoms with Gasteiger partial charge in [-0.2, -0.15) is 4.31 Å². The van der Waals surface area contributed by atoms with Crippen LogP contribution in [0.3, 0.4) is 0 Å². The van der Waals surface area contributed by atoms with Crippen molar-refractivity contribution in [3.63, 3.8) is 0 Å². The molecule has 0 spiro atoms. The van der Waals surface area contributed by atoms with Crippen LogP contribution in [0.5, 0.6) is 5.75 Å². The van der Waals surface area contributed by atoms with Crippen LogP contribution in [-0.2, 0) is 21.2 Å². The van der Waals surface area contributed by atoms with Gasteiger partial charge in [-0.25, -0.2) is 23.2 Å². The zero-order valence-corrected chi connectivity index (χ0v) is 22.5. The molecule has 0 aliphatic carbocycles. The average molecular weight is 536 g/mol. The lowest BCUT2D eigenvalue weighted by Gasteiger charge is -2.22. The summed E-state index contributed by atoms with van der Waals surface area (Å²) in [7, 11) is -3.66. The lowest BCUT2D eigenvalue weighted by molar-refractivity contribution is -0.152. The normalized spacial score (nSPS) is 12.1. The summed E-state index contributed by atoms with van der Waals surface area (Å²) >= 11 is 2.64. The Morgan fingerprint density at radius 2 is 1.86 bits per heavy atom. The molecule has 0 saturated heterocycles. The molecular weight excluding hydrogens is 506 g/mol. The van der Waals surface area contributed by atoms with Crippen molar-refractivity contribution in [3.8, 4) is 16.3 Å². The number of hydrogen-bond acceptors (Lipinski definition) is 8. The molecule has 2 heterocycles. The van der Waals surface area contributed by atoms with Crippen molar-refractivity contribution in [3.05, 3.63) is 54.2 Å². The van der Waals surface area contributed by atoms with Gasteiger partial charge in [0.15, 0.2) is 10.8 Å². The van der Waals surface area contributed by atoms with Gasteiger partial charge in [0.2, 0.25) is 0 Å². The maximum Gasteiger partial charge on any atom is 0.347 e. The molecule has 3 aromatic rings. The molecule has 35 heavy (non-hydrogen) atoms. The van der Waals surface area contributed by atoms with Gasteiger partial charge < -0.3 is 9.84 Å². The maximum atomic E-state index is 13.4. The summed E-state index contributed by atoms with van der Waals surface area (Å²) in [5.74, 6) is -0.609. The Morgan fingerprint density at radius 3 is 2.49 bits per heavy atom. The molecule has 8 nitrogen and oxygen atoms in total. The highest BCUT2D eigenvalue weighted by molar-refractivity contribution is 7.98. The second-order valence-electron chi connectivity index (χ2n) is 8.26. The summed E-state index contributed by atoms with van der Waals surface area (Å²) in [4.78, 5) is 20.7. The lowest BCUT2D eigenvalue weighted by atomic mass is 10.1. The Labute approximate surface area is 214 Å². The summed E-state index contributed by atoms with van der Waals surface area (Å²) in [5, 5.41) is 9.85.